The highest BCUT2D eigenvalue weighted by Crippen LogP contribution is 2.09. The number of allylic oxidation sites excluding steroid dienone is 1. The first-order valence-corrected chi connectivity index (χ1v) is 9.45. The van der Waals surface area contributed by atoms with E-state index in [1.165, 1.54) is 25.7 Å². The number of carbonyl (C=O) groups excluding carboxylic acids is 2. The predicted molar refractivity (Wildman–Crippen MR) is 98.7 cm³/mol. The maximum absolute atomic E-state index is 11.4. The van der Waals surface area contributed by atoms with Crippen LogP contribution in [0.15, 0.2) is 12.2 Å². The van der Waals surface area contributed by atoms with Crippen molar-refractivity contribution in [2.75, 3.05) is 13.1 Å². The molecule has 1 unspecified atom stereocenters. The van der Waals surface area contributed by atoms with Gasteiger partial charge < -0.3 is 15.7 Å². The Morgan fingerprint density at radius 1 is 0.958 bits per heavy atom. The standard InChI is InChI=1S/C19H36N2O3/c1-3-4-13-18(23)20-15-12-10-8-6-5-7-9-11-14-19(24)21-16-17(2)22/h4,13,17,22H,3,5-12,14-16H2,1-2H3,(H,20,23)(H,21,24). The average Bonchev–Trinajstić information content (AvgIpc) is 2.55. The van der Waals surface area contributed by atoms with Crippen LogP contribution in [-0.4, -0.2) is 36.1 Å². The molecule has 2 amide bonds. The van der Waals surface area contributed by atoms with Gasteiger partial charge in [-0.3, -0.25) is 9.59 Å². The molecule has 0 aliphatic heterocycles. The van der Waals surface area contributed by atoms with E-state index in [2.05, 4.69) is 10.6 Å². The van der Waals surface area contributed by atoms with Crippen LogP contribution in [0.1, 0.15) is 78.1 Å². The molecule has 3 N–H and O–H groups in total. The first-order chi connectivity index (χ1) is 11.6. The van der Waals surface area contributed by atoms with E-state index in [1.807, 2.05) is 13.0 Å². The van der Waals surface area contributed by atoms with E-state index in [0.717, 1.165) is 38.6 Å². The summed E-state index contributed by atoms with van der Waals surface area (Å²) in [6, 6.07) is 0. The van der Waals surface area contributed by atoms with Crippen molar-refractivity contribution in [2.24, 2.45) is 0 Å². The number of aliphatic hydroxyl groups is 1. The van der Waals surface area contributed by atoms with Crippen LogP contribution in [0.5, 0.6) is 0 Å². The minimum absolute atomic E-state index is 0.00864. The van der Waals surface area contributed by atoms with Crippen LogP contribution in [0, 0.1) is 0 Å². The van der Waals surface area contributed by atoms with E-state index in [0.29, 0.717) is 13.0 Å². The van der Waals surface area contributed by atoms with Crippen molar-refractivity contribution in [3.05, 3.63) is 12.2 Å². The molecule has 0 spiro atoms. The monoisotopic (exact) mass is 340 g/mol. The number of carbonyl (C=O) groups is 2. The molecule has 0 aliphatic carbocycles. The molecule has 5 nitrogen and oxygen atoms in total. The maximum Gasteiger partial charge on any atom is 0.243 e. The van der Waals surface area contributed by atoms with Crippen LogP contribution in [0.2, 0.25) is 0 Å². The van der Waals surface area contributed by atoms with Gasteiger partial charge >= 0.3 is 0 Å². The summed E-state index contributed by atoms with van der Waals surface area (Å²) in [5.41, 5.74) is 0. The molecule has 0 aromatic heterocycles. The van der Waals surface area contributed by atoms with Gasteiger partial charge in [0, 0.05) is 19.5 Å². The molecule has 24 heavy (non-hydrogen) atoms. The second-order valence-electron chi connectivity index (χ2n) is 6.33. The van der Waals surface area contributed by atoms with Crippen LogP contribution >= 0.6 is 0 Å². The summed E-state index contributed by atoms with van der Waals surface area (Å²) in [5.74, 6) is 0.0426. The summed E-state index contributed by atoms with van der Waals surface area (Å²) in [5, 5.41) is 14.7. The van der Waals surface area contributed by atoms with E-state index in [4.69, 9.17) is 5.11 Å². The minimum atomic E-state index is -0.477. The van der Waals surface area contributed by atoms with Crippen molar-refractivity contribution >= 4 is 11.8 Å². The van der Waals surface area contributed by atoms with Crippen molar-refractivity contribution in [3.8, 4) is 0 Å². The highest BCUT2D eigenvalue weighted by molar-refractivity contribution is 5.87. The smallest absolute Gasteiger partial charge is 0.243 e. The molecule has 0 bridgehead atoms. The average molecular weight is 341 g/mol. The van der Waals surface area contributed by atoms with E-state index in [9.17, 15) is 9.59 Å². The first-order valence-electron chi connectivity index (χ1n) is 9.45. The predicted octanol–water partition coefficient (Wildman–Crippen LogP) is 3.08. The molecule has 0 saturated heterocycles. The third-order valence-corrected chi connectivity index (χ3v) is 3.73. The summed E-state index contributed by atoms with van der Waals surface area (Å²) in [4.78, 5) is 22.8. The van der Waals surface area contributed by atoms with Crippen molar-refractivity contribution in [1.29, 1.82) is 0 Å². The van der Waals surface area contributed by atoms with Gasteiger partial charge in [-0.05, 0) is 32.3 Å². The number of hydrogen-bond donors (Lipinski definition) is 3. The lowest BCUT2D eigenvalue weighted by molar-refractivity contribution is -0.121. The van der Waals surface area contributed by atoms with Gasteiger partial charge in [0.05, 0.1) is 6.10 Å². The van der Waals surface area contributed by atoms with Crippen LogP contribution in [0.3, 0.4) is 0 Å². The molecule has 0 aromatic carbocycles. The molecule has 5 heteroatoms. The van der Waals surface area contributed by atoms with Crippen molar-refractivity contribution in [1.82, 2.24) is 10.6 Å². The Morgan fingerprint density at radius 2 is 1.54 bits per heavy atom. The SMILES string of the molecule is CCC=CC(=O)NCCCCCCCCCCC(=O)NCC(C)O. The van der Waals surface area contributed by atoms with Gasteiger partial charge in [0.25, 0.3) is 0 Å². The highest BCUT2D eigenvalue weighted by atomic mass is 16.3. The third kappa shape index (κ3) is 17.0. The molecule has 0 fully saturated rings. The fraction of sp³-hybridized carbons (Fsp3) is 0.789. The quantitative estimate of drug-likeness (QED) is 0.317. The second kappa shape index (κ2) is 16.5. The van der Waals surface area contributed by atoms with Gasteiger partial charge in [-0.1, -0.05) is 51.5 Å². The summed E-state index contributed by atoms with van der Waals surface area (Å²) in [6.07, 6.45) is 13.4. The zero-order valence-corrected chi connectivity index (χ0v) is 15.5. The zero-order valence-electron chi connectivity index (χ0n) is 15.5. The summed E-state index contributed by atoms with van der Waals surface area (Å²) in [7, 11) is 0. The molecule has 0 saturated carbocycles. The van der Waals surface area contributed by atoms with Gasteiger partial charge in [-0.25, -0.2) is 0 Å². The Bertz CT molecular complexity index is 355. The zero-order chi connectivity index (χ0) is 18.0. The first kappa shape index (κ1) is 22.6. The van der Waals surface area contributed by atoms with Crippen LogP contribution < -0.4 is 10.6 Å². The van der Waals surface area contributed by atoms with Gasteiger partial charge in [0.15, 0.2) is 0 Å². The van der Waals surface area contributed by atoms with Crippen molar-refractivity contribution < 1.29 is 14.7 Å². The number of unbranched alkanes of at least 4 members (excludes halogenated alkanes) is 7. The number of nitrogens with one attached hydrogen (secondary N) is 2. The van der Waals surface area contributed by atoms with Gasteiger partial charge in [0.1, 0.15) is 0 Å². The molecular weight excluding hydrogens is 304 g/mol. The molecule has 0 heterocycles. The molecule has 0 radical (unpaired) electrons. The van der Waals surface area contributed by atoms with E-state index in [1.54, 1.807) is 13.0 Å². The van der Waals surface area contributed by atoms with Crippen LogP contribution in [0.25, 0.3) is 0 Å². The third-order valence-electron chi connectivity index (χ3n) is 3.73. The van der Waals surface area contributed by atoms with E-state index in [-0.39, 0.29) is 11.8 Å². The Morgan fingerprint density at radius 3 is 2.12 bits per heavy atom. The van der Waals surface area contributed by atoms with Crippen molar-refractivity contribution in [2.45, 2.75) is 84.2 Å². The fourth-order valence-electron chi connectivity index (χ4n) is 2.32. The lowest BCUT2D eigenvalue weighted by Crippen LogP contribution is -2.30. The van der Waals surface area contributed by atoms with E-state index >= 15 is 0 Å². The number of rotatable bonds is 15. The van der Waals surface area contributed by atoms with Crippen LogP contribution in [-0.2, 0) is 9.59 Å². The number of amides is 2. The normalized spacial score (nSPS) is 12.3. The highest BCUT2D eigenvalue weighted by Gasteiger charge is 2.02. The number of aliphatic hydroxyl groups excluding tert-OH is 1. The Hall–Kier alpha value is -1.36. The Labute approximate surface area is 147 Å². The molecule has 0 rings (SSSR count). The largest absolute Gasteiger partial charge is 0.392 e. The van der Waals surface area contributed by atoms with Crippen LogP contribution in [0.4, 0.5) is 0 Å². The number of hydrogen-bond acceptors (Lipinski definition) is 3. The fourth-order valence-corrected chi connectivity index (χ4v) is 2.32. The molecule has 0 aliphatic rings. The van der Waals surface area contributed by atoms with Crippen molar-refractivity contribution in [3.63, 3.8) is 0 Å². The summed E-state index contributed by atoms with van der Waals surface area (Å²) < 4.78 is 0. The lowest BCUT2D eigenvalue weighted by atomic mass is 10.1. The maximum atomic E-state index is 11.4. The summed E-state index contributed by atoms with van der Waals surface area (Å²) in [6.45, 7) is 4.77. The topological polar surface area (TPSA) is 78.4 Å². The molecular formula is C19H36N2O3. The second-order valence-corrected chi connectivity index (χ2v) is 6.33. The molecule has 1 atom stereocenters. The molecule has 0 aromatic rings. The van der Waals surface area contributed by atoms with Gasteiger partial charge in [-0.2, -0.15) is 0 Å². The lowest BCUT2D eigenvalue weighted by Gasteiger charge is -2.07. The van der Waals surface area contributed by atoms with E-state index < -0.39 is 6.10 Å². The Kier molecular flexibility index (Phi) is 15.6. The Balaban J connectivity index is 3.24. The minimum Gasteiger partial charge on any atom is -0.392 e. The summed E-state index contributed by atoms with van der Waals surface area (Å²) >= 11 is 0. The van der Waals surface area contributed by atoms with Gasteiger partial charge in [-0.15, -0.1) is 0 Å². The van der Waals surface area contributed by atoms with Gasteiger partial charge in [0.2, 0.25) is 11.8 Å². The molecule has 140 valence electrons.